The smallest absolute Gasteiger partial charge is 0.0711 e. The number of aromatic nitrogens is 1. The van der Waals surface area contributed by atoms with Crippen LogP contribution in [0.25, 0.3) is 22.4 Å². The van der Waals surface area contributed by atoms with E-state index in [1.165, 1.54) is 23.7 Å². The van der Waals surface area contributed by atoms with Gasteiger partial charge in [-0.1, -0.05) is 121 Å². The Morgan fingerprint density at radius 1 is 0.667 bits per heavy atom. The molecule has 0 atom stereocenters. The Balaban J connectivity index is 0.000000321. The maximum atomic E-state index is 4.63. The van der Waals surface area contributed by atoms with Gasteiger partial charge in [0.1, 0.15) is 0 Å². The molecule has 2 heteroatoms. The topological polar surface area (TPSA) is 38.9 Å². The molecular formula is C31H36N2. The lowest BCUT2D eigenvalue weighted by Crippen LogP contribution is -1.89. The minimum atomic E-state index is 1.03. The zero-order valence-corrected chi connectivity index (χ0v) is 20.3. The molecule has 0 saturated carbocycles. The summed E-state index contributed by atoms with van der Waals surface area (Å²) in [5.41, 5.74) is 11.5. The number of allylic oxidation sites excluding steroid dienone is 3. The SMILES string of the molecule is C=C/C=C\C.CN.Cc1cc(-c2ccccc2)cc(-c2ccccc2)n1.Cc1ccccc1. The van der Waals surface area contributed by atoms with Crippen molar-refractivity contribution in [3.05, 3.63) is 139 Å². The van der Waals surface area contributed by atoms with Crippen molar-refractivity contribution in [3.63, 3.8) is 0 Å². The fraction of sp³-hybridized carbons (Fsp3) is 0.129. The van der Waals surface area contributed by atoms with Gasteiger partial charge in [-0.15, -0.1) is 0 Å². The van der Waals surface area contributed by atoms with Gasteiger partial charge in [-0.3, -0.25) is 4.98 Å². The van der Waals surface area contributed by atoms with Crippen LogP contribution in [0.4, 0.5) is 0 Å². The van der Waals surface area contributed by atoms with Crippen molar-refractivity contribution in [2.45, 2.75) is 20.8 Å². The van der Waals surface area contributed by atoms with Gasteiger partial charge in [-0.2, -0.15) is 0 Å². The van der Waals surface area contributed by atoms with E-state index in [0.717, 1.165) is 17.0 Å². The van der Waals surface area contributed by atoms with Crippen LogP contribution in [-0.2, 0) is 0 Å². The Morgan fingerprint density at radius 2 is 1.15 bits per heavy atom. The Labute approximate surface area is 200 Å². The van der Waals surface area contributed by atoms with E-state index >= 15 is 0 Å². The van der Waals surface area contributed by atoms with E-state index < -0.39 is 0 Å². The first-order valence-electron chi connectivity index (χ1n) is 11.1. The second kappa shape index (κ2) is 16.9. The predicted octanol–water partition coefficient (Wildman–Crippen LogP) is 8.04. The van der Waals surface area contributed by atoms with Crippen LogP contribution >= 0.6 is 0 Å². The van der Waals surface area contributed by atoms with Gasteiger partial charge in [0.2, 0.25) is 0 Å². The Morgan fingerprint density at radius 3 is 1.55 bits per heavy atom. The first kappa shape index (κ1) is 27.3. The van der Waals surface area contributed by atoms with Crippen LogP contribution < -0.4 is 5.73 Å². The van der Waals surface area contributed by atoms with Crippen molar-refractivity contribution < 1.29 is 0 Å². The lowest BCUT2D eigenvalue weighted by atomic mass is 10.0. The first-order valence-corrected chi connectivity index (χ1v) is 11.1. The van der Waals surface area contributed by atoms with E-state index in [1.54, 1.807) is 6.08 Å². The molecule has 0 amide bonds. The van der Waals surface area contributed by atoms with Gasteiger partial charge < -0.3 is 5.73 Å². The molecule has 1 aromatic heterocycles. The Bertz CT molecular complexity index is 996. The van der Waals surface area contributed by atoms with Crippen LogP contribution in [0.5, 0.6) is 0 Å². The van der Waals surface area contributed by atoms with Gasteiger partial charge in [-0.25, -0.2) is 0 Å². The van der Waals surface area contributed by atoms with Crippen LogP contribution in [0.2, 0.25) is 0 Å². The zero-order chi connectivity index (χ0) is 24.3. The molecule has 33 heavy (non-hydrogen) atoms. The number of rotatable bonds is 3. The molecule has 0 aliphatic heterocycles. The van der Waals surface area contributed by atoms with E-state index in [1.807, 2.05) is 68.5 Å². The number of aryl methyl sites for hydroxylation is 2. The van der Waals surface area contributed by atoms with Crippen LogP contribution in [0, 0.1) is 13.8 Å². The number of pyridine rings is 1. The first-order chi connectivity index (χ1) is 16.1. The molecule has 2 N–H and O–H groups in total. The van der Waals surface area contributed by atoms with E-state index in [0.29, 0.717) is 0 Å². The second-order valence-electron chi connectivity index (χ2n) is 7.03. The van der Waals surface area contributed by atoms with Crippen molar-refractivity contribution in [3.8, 4) is 22.4 Å². The molecule has 2 nitrogen and oxygen atoms in total. The molecular weight excluding hydrogens is 400 g/mol. The number of benzene rings is 3. The van der Waals surface area contributed by atoms with Gasteiger partial charge in [0.25, 0.3) is 0 Å². The van der Waals surface area contributed by atoms with Gasteiger partial charge in [-0.05, 0) is 51.1 Å². The Hall–Kier alpha value is -3.75. The van der Waals surface area contributed by atoms with E-state index in [2.05, 4.69) is 84.9 Å². The van der Waals surface area contributed by atoms with Crippen LogP contribution in [0.3, 0.4) is 0 Å². The highest BCUT2D eigenvalue weighted by Crippen LogP contribution is 2.25. The predicted molar refractivity (Wildman–Crippen MR) is 146 cm³/mol. The lowest BCUT2D eigenvalue weighted by Gasteiger charge is -2.07. The number of hydrogen-bond donors (Lipinski definition) is 1. The maximum absolute atomic E-state index is 4.63. The summed E-state index contributed by atoms with van der Waals surface area (Å²) in [7, 11) is 1.50. The minimum absolute atomic E-state index is 1.03. The molecule has 0 saturated heterocycles. The third-order valence-corrected chi connectivity index (χ3v) is 4.40. The minimum Gasteiger partial charge on any atom is -0.333 e. The fourth-order valence-corrected chi connectivity index (χ4v) is 2.89. The summed E-state index contributed by atoms with van der Waals surface area (Å²) in [5.74, 6) is 0. The third-order valence-electron chi connectivity index (χ3n) is 4.40. The van der Waals surface area contributed by atoms with Gasteiger partial charge in [0.05, 0.1) is 5.69 Å². The van der Waals surface area contributed by atoms with Crippen LogP contribution in [0.1, 0.15) is 18.2 Å². The van der Waals surface area contributed by atoms with Gasteiger partial charge in [0, 0.05) is 11.3 Å². The molecule has 0 spiro atoms. The molecule has 0 radical (unpaired) electrons. The summed E-state index contributed by atoms with van der Waals surface area (Å²) in [6.07, 6.45) is 5.58. The molecule has 4 aromatic rings. The largest absolute Gasteiger partial charge is 0.333 e. The standard InChI is InChI=1S/C18H15N.C7H8.C5H8.CH5N/c1-14-12-17(15-8-4-2-5-9-15)13-18(19-14)16-10-6-3-7-11-16;1-7-5-3-2-4-6-7;1-3-5-4-2;1-2/h2-13H,1H3;2-6H,1H3;3-5H,1H2,2H3;2H2,1H3/b;;5-4-;. The average Bonchev–Trinajstić information content (AvgIpc) is 2.88. The summed E-state index contributed by atoms with van der Waals surface area (Å²) in [5, 5.41) is 0. The lowest BCUT2D eigenvalue weighted by molar-refractivity contribution is 1.21. The van der Waals surface area contributed by atoms with Crippen LogP contribution in [-0.4, -0.2) is 12.0 Å². The van der Waals surface area contributed by atoms with Crippen molar-refractivity contribution in [1.29, 1.82) is 0 Å². The van der Waals surface area contributed by atoms with Crippen molar-refractivity contribution in [2.75, 3.05) is 7.05 Å². The normalized spacial score (nSPS) is 9.36. The summed E-state index contributed by atoms with van der Waals surface area (Å²) >= 11 is 0. The quantitative estimate of drug-likeness (QED) is 0.330. The Kier molecular flexibility index (Phi) is 14.0. The van der Waals surface area contributed by atoms with Gasteiger partial charge in [0.15, 0.2) is 0 Å². The van der Waals surface area contributed by atoms with E-state index in [4.69, 9.17) is 0 Å². The molecule has 4 rings (SSSR count). The molecule has 0 fully saturated rings. The summed E-state index contributed by atoms with van der Waals surface area (Å²) < 4.78 is 0. The van der Waals surface area contributed by atoms with Crippen LogP contribution in [0.15, 0.2) is 128 Å². The monoisotopic (exact) mass is 436 g/mol. The molecule has 170 valence electrons. The number of hydrogen-bond acceptors (Lipinski definition) is 2. The van der Waals surface area contributed by atoms with E-state index in [-0.39, 0.29) is 0 Å². The van der Waals surface area contributed by atoms with Crippen molar-refractivity contribution in [2.24, 2.45) is 5.73 Å². The molecule has 0 unspecified atom stereocenters. The highest BCUT2D eigenvalue weighted by Gasteiger charge is 2.04. The number of nitrogens with zero attached hydrogens (tertiary/aromatic N) is 1. The van der Waals surface area contributed by atoms with Gasteiger partial charge >= 0.3 is 0 Å². The van der Waals surface area contributed by atoms with E-state index in [9.17, 15) is 0 Å². The molecule has 3 aromatic carbocycles. The third kappa shape index (κ3) is 10.9. The van der Waals surface area contributed by atoms with Crippen molar-refractivity contribution >= 4 is 0 Å². The summed E-state index contributed by atoms with van der Waals surface area (Å²) in [6.45, 7) is 9.55. The zero-order valence-electron chi connectivity index (χ0n) is 20.3. The summed E-state index contributed by atoms with van der Waals surface area (Å²) in [6, 6.07) is 35.3. The molecule has 0 aliphatic carbocycles. The summed E-state index contributed by atoms with van der Waals surface area (Å²) in [4.78, 5) is 4.63. The average molecular weight is 437 g/mol. The maximum Gasteiger partial charge on any atom is 0.0711 e. The molecule has 1 heterocycles. The highest BCUT2D eigenvalue weighted by molar-refractivity contribution is 5.70. The molecule has 0 bridgehead atoms. The number of nitrogens with two attached hydrogens (primary N) is 1. The highest BCUT2D eigenvalue weighted by atomic mass is 14.7. The fourth-order valence-electron chi connectivity index (χ4n) is 2.89. The second-order valence-corrected chi connectivity index (χ2v) is 7.03. The van der Waals surface area contributed by atoms with Crippen molar-refractivity contribution in [1.82, 2.24) is 4.98 Å². The molecule has 0 aliphatic rings.